The topological polar surface area (TPSA) is 82.8 Å². The van der Waals surface area contributed by atoms with Crippen LogP contribution in [0.4, 0.5) is 0 Å². The van der Waals surface area contributed by atoms with Crippen LogP contribution in [0, 0.1) is 12.8 Å². The van der Waals surface area contributed by atoms with Crippen LogP contribution in [-0.4, -0.2) is 31.6 Å². The van der Waals surface area contributed by atoms with Crippen molar-refractivity contribution in [2.75, 3.05) is 7.11 Å². The molecule has 27 heavy (non-hydrogen) atoms. The largest absolute Gasteiger partial charge is 0.481 e. The van der Waals surface area contributed by atoms with Gasteiger partial charge < -0.3 is 4.74 Å². The van der Waals surface area contributed by atoms with E-state index in [0.717, 1.165) is 19.3 Å². The van der Waals surface area contributed by atoms with Crippen LogP contribution < -0.4 is 10.3 Å². The van der Waals surface area contributed by atoms with Gasteiger partial charge in [-0.3, -0.25) is 9.36 Å². The Morgan fingerprint density at radius 1 is 1.30 bits per heavy atom. The molecule has 1 atom stereocenters. The molecule has 4 rings (SSSR count). The van der Waals surface area contributed by atoms with Crippen molar-refractivity contribution in [1.29, 1.82) is 0 Å². The fourth-order valence-corrected chi connectivity index (χ4v) is 3.79. The van der Waals surface area contributed by atoms with Gasteiger partial charge in [-0.1, -0.05) is 18.5 Å². The maximum atomic E-state index is 12.9. The molecule has 7 nitrogen and oxygen atoms in total. The fraction of sp³-hybridized carbons (Fsp3) is 0.421. The standard InChI is InChI=1S/C19H20ClN5O2/c1-4-13(11-5-6-11)25-18-16(23-10(2)19(25)26)15(21-9-22-18)12-7-8-14(27-3)24-17(12)20/h7-9,11,13H,4-6H2,1-3H3/t13-/m1/s1. The zero-order chi connectivity index (χ0) is 19.1. The minimum absolute atomic E-state index is 0.0927. The van der Waals surface area contributed by atoms with Crippen LogP contribution in [-0.2, 0) is 0 Å². The summed E-state index contributed by atoms with van der Waals surface area (Å²) in [6, 6.07) is 3.63. The molecule has 0 unspecified atom stereocenters. The van der Waals surface area contributed by atoms with Crippen LogP contribution in [0.25, 0.3) is 22.4 Å². The average molecular weight is 386 g/mol. The SMILES string of the molecule is CC[C@H](C1CC1)n1c(=O)c(C)nc2c(-c3ccc(OC)nc3Cl)ncnc21. The quantitative estimate of drug-likeness (QED) is 0.624. The fourth-order valence-electron chi connectivity index (χ4n) is 3.56. The van der Waals surface area contributed by atoms with Gasteiger partial charge in [0.1, 0.15) is 28.4 Å². The van der Waals surface area contributed by atoms with E-state index >= 15 is 0 Å². The van der Waals surface area contributed by atoms with Gasteiger partial charge in [0, 0.05) is 17.7 Å². The molecular weight excluding hydrogens is 366 g/mol. The second kappa shape index (κ2) is 6.88. The molecule has 0 spiro atoms. The van der Waals surface area contributed by atoms with Crippen LogP contribution in [0.5, 0.6) is 5.88 Å². The van der Waals surface area contributed by atoms with Crippen molar-refractivity contribution in [3.8, 4) is 17.1 Å². The van der Waals surface area contributed by atoms with Gasteiger partial charge in [-0.25, -0.2) is 19.9 Å². The van der Waals surface area contributed by atoms with E-state index in [0.29, 0.717) is 39.9 Å². The molecule has 0 radical (unpaired) electrons. The van der Waals surface area contributed by atoms with Crippen LogP contribution in [0.1, 0.15) is 37.9 Å². The molecule has 0 aliphatic heterocycles. The number of fused-ring (bicyclic) bond motifs is 1. The summed E-state index contributed by atoms with van der Waals surface area (Å²) in [6.45, 7) is 3.83. The third-order valence-corrected chi connectivity index (χ3v) is 5.33. The Morgan fingerprint density at radius 2 is 2.07 bits per heavy atom. The van der Waals surface area contributed by atoms with E-state index in [9.17, 15) is 4.79 Å². The molecule has 3 aromatic rings. The Kier molecular flexibility index (Phi) is 4.55. The van der Waals surface area contributed by atoms with E-state index in [1.165, 1.54) is 13.4 Å². The van der Waals surface area contributed by atoms with E-state index < -0.39 is 0 Å². The lowest BCUT2D eigenvalue weighted by Crippen LogP contribution is -2.29. The minimum Gasteiger partial charge on any atom is -0.481 e. The smallest absolute Gasteiger partial charge is 0.273 e. The lowest BCUT2D eigenvalue weighted by atomic mass is 10.1. The van der Waals surface area contributed by atoms with Crippen molar-refractivity contribution < 1.29 is 4.74 Å². The van der Waals surface area contributed by atoms with Crippen LogP contribution in [0.2, 0.25) is 5.15 Å². The number of aromatic nitrogens is 5. The third-order valence-electron chi connectivity index (χ3n) is 5.04. The number of hydrogen-bond acceptors (Lipinski definition) is 6. The summed E-state index contributed by atoms with van der Waals surface area (Å²) in [6.07, 6.45) is 4.60. The Labute approximate surface area is 161 Å². The van der Waals surface area contributed by atoms with Gasteiger partial charge in [-0.2, -0.15) is 0 Å². The van der Waals surface area contributed by atoms with Gasteiger partial charge in [-0.15, -0.1) is 0 Å². The first-order valence-electron chi connectivity index (χ1n) is 8.99. The summed E-state index contributed by atoms with van der Waals surface area (Å²) in [4.78, 5) is 30.4. The molecule has 1 saturated carbocycles. The molecule has 0 aromatic carbocycles. The maximum Gasteiger partial charge on any atom is 0.273 e. The molecule has 1 aliphatic rings. The lowest BCUT2D eigenvalue weighted by molar-refractivity contribution is 0.398. The summed E-state index contributed by atoms with van der Waals surface area (Å²) in [5.41, 5.74) is 2.62. The van der Waals surface area contributed by atoms with E-state index in [2.05, 4.69) is 26.9 Å². The molecular formula is C19H20ClN5O2. The van der Waals surface area contributed by atoms with Crippen molar-refractivity contribution in [3.05, 3.63) is 39.7 Å². The van der Waals surface area contributed by atoms with Gasteiger partial charge >= 0.3 is 0 Å². The Bertz CT molecular complexity index is 1080. The average Bonchev–Trinajstić information content (AvgIpc) is 3.50. The highest BCUT2D eigenvalue weighted by Crippen LogP contribution is 2.42. The number of hydrogen-bond donors (Lipinski definition) is 0. The Morgan fingerprint density at radius 3 is 2.70 bits per heavy atom. The highest BCUT2D eigenvalue weighted by atomic mass is 35.5. The summed E-state index contributed by atoms with van der Waals surface area (Å²) in [7, 11) is 1.53. The summed E-state index contributed by atoms with van der Waals surface area (Å²) >= 11 is 6.36. The summed E-state index contributed by atoms with van der Waals surface area (Å²) < 4.78 is 6.91. The number of methoxy groups -OCH3 is 1. The van der Waals surface area contributed by atoms with E-state index in [-0.39, 0.29) is 16.8 Å². The predicted molar refractivity (Wildman–Crippen MR) is 103 cm³/mol. The molecule has 0 bridgehead atoms. The van der Waals surface area contributed by atoms with Crippen molar-refractivity contribution >= 4 is 22.8 Å². The normalized spacial score (nSPS) is 15.1. The molecule has 0 N–H and O–H groups in total. The summed E-state index contributed by atoms with van der Waals surface area (Å²) in [5.74, 6) is 0.935. The first-order valence-corrected chi connectivity index (χ1v) is 9.37. The first kappa shape index (κ1) is 17.9. The number of rotatable bonds is 5. The van der Waals surface area contributed by atoms with Crippen LogP contribution in [0.15, 0.2) is 23.3 Å². The molecule has 140 valence electrons. The molecule has 3 aromatic heterocycles. The number of ether oxygens (including phenoxy) is 1. The van der Waals surface area contributed by atoms with Gasteiger partial charge in [-0.05, 0) is 38.2 Å². The van der Waals surface area contributed by atoms with Crippen LogP contribution in [0.3, 0.4) is 0 Å². The highest BCUT2D eigenvalue weighted by molar-refractivity contribution is 6.32. The molecule has 0 amide bonds. The molecule has 0 saturated heterocycles. The number of nitrogens with zero attached hydrogens (tertiary/aromatic N) is 5. The molecule has 8 heteroatoms. The minimum atomic E-state index is -0.0927. The van der Waals surface area contributed by atoms with Gasteiger partial charge in [0.15, 0.2) is 5.65 Å². The molecule has 3 heterocycles. The number of halogens is 1. The number of pyridine rings is 1. The summed E-state index contributed by atoms with van der Waals surface area (Å²) in [5, 5.41) is 0.265. The Hall–Kier alpha value is -2.54. The van der Waals surface area contributed by atoms with Crippen molar-refractivity contribution in [1.82, 2.24) is 24.5 Å². The van der Waals surface area contributed by atoms with Gasteiger partial charge in [0.25, 0.3) is 5.56 Å². The van der Waals surface area contributed by atoms with E-state index in [1.807, 2.05) is 0 Å². The van der Waals surface area contributed by atoms with Crippen molar-refractivity contribution in [3.63, 3.8) is 0 Å². The molecule has 1 aliphatic carbocycles. The zero-order valence-corrected chi connectivity index (χ0v) is 16.2. The second-order valence-electron chi connectivity index (χ2n) is 6.77. The second-order valence-corrected chi connectivity index (χ2v) is 7.13. The van der Waals surface area contributed by atoms with Gasteiger partial charge in [0.05, 0.1) is 7.11 Å². The monoisotopic (exact) mass is 385 g/mol. The molecule has 1 fully saturated rings. The van der Waals surface area contributed by atoms with E-state index in [1.54, 1.807) is 23.6 Å². The number of aryl methyl sites for hydroxylation is 1. The lowest BCUT2D eigenvalue weighted by Gasteiger charge is -2.20. The zero-order valence-electron chi connectivity index (χ0n) is 15.4. The predicted octanol–water partition coefficient (Wildman–Crippen LogP) is 3.58. The third kappa shape index (κ3) is 3.06. The maximum absolute atomic E-state index is 12.9. The Balaban J connectivity index is 1.99. The first-order chi connectivity index (χ1) is 13.0. The van der Waals surface area contributed by atoms with Gasteiger partial charge in [0.2, 0.25) is 5.88 Å². The van der Waals surface area contributed by atoms with Crippen molar-refractivity contribution in [2.24, 2.45) is 5.92 Å². The highest BCUT2D eigenvalue weighted by Gasteiger charge is 2.33. The van der Waals surface area contributed by atoms with Crippen molar-refractivity contribution in [2.45, 2.75) is 39.2 Å². The van der Waals surface area contributed by atoms with E-state index in [4.69, 9.17) is 16.3 Å². The van der Waals surface area contributed by atoms with Crippen LogP contribution >= 0.6 is 11.6 Å².